The summed E-state index contributed by atoms with van der Waals surface area (Å²) >= 11 is 3.54. The Kier molecular flexibility index (Phi) is 5.31. The van der Waals surface area contributed by atoms with Crippen molar-refractivity contribution in [3.8, 4) is 0 Å². The minimum atomic E-state index is -0.468. The van der Waals surface area contributed by atoms with Gasteiger partial charge < -0.3 is 5.11 Å². The van der Waals surface area contributed by atoms with Crippen molar-refractivity contribution in [3.63, 3.8) is 0 Å². The zero-order valence-electron chi connectivity index (χ0n) is 14.0. The number of benzene rings is 1. The summed E-state index contributed by atoms with van der Waals surface area (Å²) in [6.07, 6.45) is 8.08. The van der Waals surface area contributed by atoms with E-state index in [0.29, 0.717) is 12.0 Å². The molecule has 5 heteroatoms. The van der Waals surface area contributed by atoms with Crippen LogP contribution in [-0.4, -0.2) is 38.9 Å². The second-order valence-electron chi connectivity index (χ2n) is 6.77. The van der Waals surface area contributed by atoms with Gasteiger partial charge >= 0.3 is 0 Å². The summed E-state index contributed by atoms with van der Waals surface area (Å²) in [6, 6.07) is 7.44. The van der Waals surface area contributed by atoms with Crippen molar-refractivity contribution in [1.82, 2.24) is 4.90 Å². The highest BCUT2D eigenvalue weighted by Gasteiger charge is 2.51. The van der Waals surface area contributed by atoms with E-state index in [1.54, 1.807) is 23.5 Å². The molecule has 1 aromatic rings. The van der Waals surface area contributed by atoms with Crippen LogP contribution >= 0.6 is 23.5 Å². The van der Waals surface area contributed by atoms with Crippen LogP contribution in [0.2, 0.25) is 0 Å². The summed E-state index contributed by atoms with van der Waals surface area (Å²) < 4.78 is 13.1. The normalized spacial score (nSPS) is 34.1. The average molecular weight is 356 g/mol. The molecule has 0 radical (unpaired) electrons. The smallest absolute Gasteiger partial charge is 0.132 e. The first-order valence-corrected chi connectivity index (χ1v) is 10.8. The summed E-state index contributed by atoms with van der Waals surface area (Å²) in [7, 11) is 0. The largest absolute Gasteiger partial charge is 0.376 e. The number of thioether (sulfide) groups is 2. The number of rotatable bonds is 3. The quantitative estimate of drug-likeness (QED) is 0.807. The molecular weight excluding hydrogens is 329 g/mol. The van der Waals surface area contributed by atoms with Crippen LogP contribution in [0.3, 0.4) is 0 Å². The Morgan fingerprint density at radius 3 is 2.39 bits per heavy atom. The van der Waals surface area contributed by atoms with Crippen LogP contribution < -0.4 is 0 Å². The maximum Gasteiger partial charge on any atom is 0.132 e. The molecule has 3 rings (SSSR count). The third-order valence-corrected chi connectivity index (χ3v) is 8.92. The molecule has 2 fully saturated rings. The summed E-state index contributed by atoms with van der Waals surface area (Å²) in [5.41, 5.74) is 1.13. The average Bonchev–Trinajstić information content (AvgIpc) is 2.57. The third-order valence-electron chi connectivity index (χ3n) is 5.71. The van der Waals surface area contributed by atoms with E-state index in [-0.39, 0.29) is 15.9 Å². The second kappa shape index (κ2) is 6.95. The minimum Gasteiger partial charge on any atom is -0.376 e. The van der Waals surface area contributed by atoms with E-state index in [2.05, 4.69) is 24.3 Å². The van der Waals surface area contributed by atoms with E-state index >= 15 is 0 Å². The molecular formula is C18H26FNOS2. The Hall–Kier alpha value is -0.230. The maximum absolute atomic E-state index is 13.3. The summed E-state index contributed by atoms with van der Waals surface area (Å²) in [5.74, 6) is 0.402. The minimum absolute atomic E-state index is 0.161. The van der Waals surface area contributed by atoms with Crippen LogP contribution in [0.1, 0.15) is 44.2 Å². The predicted molar refractivity (Wildman–Crippen MR) is 98.2 cm³/mol. The van der Waals surface area contributed by atoms with Crippen LogP contribution in [0.15, 0.2) is 24.3 Å². The van der Waals surface area contributed by atoms with Gasteiger partial charge in [0.05, 0.1) is 4.08 Å². The lowest BCUT2D eigenvalue weighted by Crippen LogP contribution is -2.61. The van der Waals surface area contributed by atoms with Gasteiger partial charge in [0.25, 0.3) is 0 Å². The summed E-state index contributed by atoms with van der Waals surface area (Å²) in [6.45, 7) is 2.30. The van der Waals surface area contributed by atoms with E-state index < -0.39 is 6.23 Å². The Bertz CT molecular complexity index is 534. The van der Waals surface area contributed by atoms with E-state index in [0.717, 1.165) is 24.8 Å². The van der Waals surface area contributed by atoms with Crippen LogP contribution in [0.4, 0.5) is 4.39 Å². The third kappa shape index (κ3) is 3.06. The zero-order chi connectivity index (χ0) is 16.6. The van der Waals surface area contributed by atoms with Crippen LogP contribution in [0.25, 0.3) is 0 Å². The highest BCUT2D eigenvalue weighted by molar-refractivity contribution is 8.17. The van der Waals surface area contributed by atoms with Gasteiger partial charge in [-0.1, -0.05) is 19.1 Å². The Labute approximate surface area is 147 Å². The number of fused-ring (bicyclic) bond motifs is 1. The topological polar surface area (TPSA) is 23.5 Å². The maximum atomic E-state index is 13.3. The van der Waals surface area contributed by atoms with Gasteiger partial charge in [0.2, 0.25) is 0 Å². The molecule has 0 saturated carbocycles. The first-order chi connectivity index (χ1) is 11.0. The van der Waals surface area contributed by atoms with Gasteiger partial charge in [-0.2, -0.15) is 0 Å². The highest BCUT2D eigenvalue weighted by atomic mass is 32.2. The van der Waals surface area contributed by atoms with Crippen LogP contribution in [-0.2, 0) is 0 Å². The molecule has 2 heterocycles. The number of piperidine rings is 2. The lowest BCUT2D eigenvalue weighted by Gasteiger charge is -2.56. The van der Waals surface area contributed by atoms with Gasteiger partial charge in [-0.05, 0) is 61.8 Å². The molecule has 0 spiro atoms. The Morgan fingerprint density at radius 1 is 1.13 bits per heavy atom. The molecule has 0 amide bonds. The first kappa shape index (κ1) is 17.6. The van der Waals surface area contributed by atoms with Crippen molar-refractivity contribution in [1.29, 1.82) is 0 Å². The molecule has 4 atom stereocenters. The van der Waals surface area contributed by atoms with Gasteiger partial charge in [0.1, 0.15) is 12.0 Å². The predicted octanol–water partition coefficient (Wildman–Crippen LogP) is 4.50. The number of nitrogens with zero attached hydrogens (tertiary/aromatic N) is 1. The van der Waals surface area contributed by atoms with Gasteiger partial charge in [-0.15, -0.1) is 23.5 Å². The molecule has 2 aliphatic rings. The van der Waals surface area contributed by atoms with Gasteiger partial charge in [-0.3, -0.25) is 4.90 Å². The van der Waals surface area contributed by atoms with E-state index in [9.17, 15) is 9.50 Å². The molecule has 0 aliphatic carbocycles. The van der Waals surface area contributed by atoms with Crippen LogP contribution in [0.5, 0.6) is 0 Å². The van der Waals surface area contributed by atoms with Crippen molar-refractivity contribution >= 4 is 23.5 Å². The molecule has 0 unspecified atom stereocenters. The number of hydrogen-bond donors (Lipinski definition) is 1. The Balaban J connectivity index is 1.96. The summed E-state index contributed by atoms with van der Waals surface area (Å²) in [5, 5.41) is 11.2. The lowest BCUT2D eigenvalue weighted by atomic mass is 9.79. The highest BCUT2D eigenvalue weighted by Crippen LogP contribution is 2.52. The first-order valence-electron chi connectivity index (χ1n) is 8.33. The number of hydrogen-bond acceptors (Lipinski definition) is 4. The molecule has 23 heavy (non-hydrogen) atoms. The Morgan fingerprint density at radius 2 is 1.78 bits per heavy atom. The molecule has 2 aliphatic heterocycles. The van der Waals surface area contributed by atoms with Crippen molar-refractivity contribution in [2.75, 3.05) is 12.5 Å². The molecule has 2 nitrogen and oxygen atoms in total. The van der Waals surface area contributed by atoms with Crippen molar-refractivity contribution in [2.24, 2.45) is 5.92 Å². The van der Waals surface area contributed by atoms with Gasteiger partial charge in [0.15, 0.2) is 0 Å². The van der Waals surface area contributed by atoms with Gasteiger partial charge in [0, 0.05) is 12.1 Å². The molecule has 0 bridgehead atoms. The molecule has 1 aromatic carbocycles. The lowest BCUT2D eigenvalue weighted by molar-refractivity contribution is -0.119. The molecule has 0 aromatic heterocycles. The molecule has 1 N–H and O–H groups in total. The van der Waals surface area contributed by atoms with E-state index in [1.807, 2.05) is 12.1 Å². The summed E-state index contributed by atoms with van der Waals surface area (Å²) in [4.78, 5) is 2.33. The number of halogens is 1. The van der Waals surface area contributed by atoms with Crippen molar-refractivity contribution in [3.05, 3.63) is 35.6 Å². The molecule has 128 valence electrons. The SMILES string of the molecule is CSC1(SC)CC[C@@H]2[C@@H](C)CC[C@H](c3ccc(F)cc3)N2[C@H]1O. The van der Waals surface area contributed by atoms with E-state index in [1.165, 1.54) is 18.6 Å². The fourth-order valence-electron chi connectivity index (χ4n) is 4.30. The fraction of sp³-hybridized carbons (Fsp3) is 0.667. The number of aliphatic hydroxyl groups excluding tert-OH is 1. The van der Waals surface area contributed by atoms with E-state index in [4.69, 9.17) is 0 Å². The monoisotopic (exact) mass is 355 g/mol. The van der Waals surface area contributed by atoms with Crippen molar-refractivity contribution < 1.29 is 9.50 Å². The second-order valence-corrected chi connectivity index (χ2v) is 9.30. The molecule has 2 saturated heterocycles. The standard InChI is InChI=1S/C18H26FNOS2/c1-12-4-9-16(13-5-7-14(19)8-6-13)20-15(12)10-11-18(22-2,23-3)17(20)21/h5-8,12,15-17,21H,4,9-11H2,1-3H3/t12-,15+,16+,17-/m0/s1. The number of aliphatic hydroxyl groups is 1. The van der Waals surface area contributed by atoms with Crippen LogP contribution in [0, 0.1) is 11.7 Å². The van der Waals surface area contributed by atoms with Crippen molar-refractivity contribution in [2.45, 2.75) is 55.0 Å². The zero-order valence-corrected chi connectivity index (χ0v) is 15.7. The van der Waals surface area contributed by atoms with Gasteiger partial charge in [-0.25, -0.2) is 4.39 Å². The fourth-order valence-corrected chi connectivity index (χ4v) is 6.28.